The molecule has 0 saturated carbocycles. The molecular formula is C12H17NO2S. The number of rotatable bonds is 5. The van der Waals surface area contributed by atoms with Gasteiger partial charge in [0.1, 0.15) is 16.8 Å². The molecule has 88 valence electrons. The maximum atomic E-state index is 5.66. The number of methoxy groups -OCH3 is 1. The van der Waals surface area contributed by atoms with Gasteiger partial charge in [0.15, 0.2) is 0 Å². The molecule has 3 nitrogen and oxygen atoms in total. The second-order valence-electron chi connectivity index (χ2n) is 3.72. The lowest BCUT2D eigenvalue weighted by atomic mass is 10.1. The molecule has 1 unspecified atom stereocenters. The quantitative estimate of drug-likeness (QED) is 0.799. The lowest BCUT2D eigenvalue weighted by Gasteiger charge is -2.15. The summed E-state index contributed by atoms with van der Waals surface area (Å²) in [7, 11) is 1.65. The summed E-state index contributed by atoms with van der Waals surface area (Å²) in [5.41, 5.74) is 7.50. The number of aryl methyl sites for hydroxylation is 1. The fourth-order valence-corrected chi connectivity index (χ4v) is 1.72. The fourth-order valence-electron chi connectivity index (χ4n) is 1.49. The number of nitrogens with two attached hydrogens (primary N) is 1. The number of benzene rings is 1. The Labute approximate surface area is 102 Å². The van der Waals surface area contributed by atoms with E-state index in [1.165, 1.54) is 0 Å². The maximum absolute atomic E-state index is 5.66. The van der Waals surface area contributed by atoms with Crippen molar-refractivity contribution in [2.24, 2.45) is 5.73 Å². The Bertz CT molecular complexity index is 379. The zero-order valence-corrected chi connectivity index (χ0v) is 10.6. The van der Waals surface area contributed by atoms with E-state index >= 15 is 0 Å². The summed E-state index contributed by atoms with van der Waals surface area (Å²) in [5, 5.41) is 0. The third kappa shape index (κ3) is 3.47. The van der Waals surface area contributed by atoms with Crippen molar-refractivity contribution >= 4 is 17.2 Å². The fraction of sp³-hybridized carbons (Fsp3) is 0.417. The number of hydrogen-bond donors (Lipinski definition) is 1. The van der Waals surface area contributed by atoms with E-state index in [0.29, 0.717) is 11.6 Å². The van der Waals surface area contributed by atoms with Crippen molar-refractivity contribution in [2.45, 2.75) is 20.0 Å². The van der Waals surface area contributed by atoms with Crippen molar-refractivity contribution in [1.82, 2.24) is 0 Å². The van der Waals surface area contributed by atoms with E-state index in [1.54, 1.807) is 7.11 Å². The Morgan fingerprint density at radius 2 is 2.19 bits per heavy atom. The van der Waals surface area contributed by atoms with Gasteiger partial charge in [0.2, 0.25) is 0 Å². The minimum Gasteiger partial charge on any atom is -0.488 e. The molecule has 4 heteroatoms. The first-order valence-electron chi connectivity index (χ1n) is 5.10. The molecule has 0 amide bonds. The molecule has 0 heterocycles. The Balaban J connectivity index is 2.77. The van der Waals surface area contributed by atoms with E-state index in [2.05, 4.69) is 0 Å². The summed E-state index contributed by atoms with van der Waals surface area (Å²) in [4.78, 5) is 0.411. The zero-order valence-electron chi connectivity index (χ0n) is 9.82. The van der Waals surface area contributed by atoms with Crippen LogP contribution in [0.5, 0.6) is 5.75 Å². The lowest BCUT2D eigenvalue weighted by molar-refractivity contribution is 0.0920. The molecule has 0 aromatic heterocycles. The second kappa shape index (κ2) is 5.82. The van der Waals surface area contributed by atoms with Crippen LogP contribution >= 0.6 is 12.2 Å². The molecule has 0 aliphatic heterocycles. The van der Waals surface area contributed by atoms with Crippen LogP contribution in [0.2, 0.25) is 0 Å². The largest absolute Gasteiger partial charge is 0.488 e. The first-order valence-corrected chi connectivity index (χ1v) is 5.51. The van der Waals surface area contributed by atoms with E-state index in [1.807, 2.05) is 32.0 Å². The topological polar surface area (TPSA) is 44.5 Å². The first kappa shape index (κ1) is 12.9. The van der Waals surface area contributed by atoms with E-state index < -0.39 is 0 Å². The van der Waals surface area contributed by atoms with E-state index in [-0.39, 0.29) is 6.10 Å². The Morgan fingerprint density at radius 1 is 1.50 bits per heavy atom. The van der Waals surface area contributed by atoms with E-state index in [4.69, 9.17) is 27.4 Å². The van der Waals surface area contributed by atoms with Gasteiger partial charge in [-0.15, -0.1) is 0 Å². The summed E-state index contributed by atoms with van der Waals surface area (Å²) in [5.74, 6) is 0.807. The number of thiocarbonyl (C=S) groups is 1. The van der Waals surface area contributed by atoms with Crippen LogP contribution in [-0.4, -0.2) is 24.8 Å². The summed E-state index contributed by atoms with van der Waals surface area (Å²) in [6.07, 6.45) is 0.0279. The average Bonchev–Trinajstić information content (AvgIpc) is 2.17. The minimum atomic E-state index is 0.0279. The van der Waals surface area contributed by atoms with Gasteiger partial charge in [0.25, 0.3) is 0 Å². The minimum absolute atomic E-state index is 0.0279. The molecule has 1 aromatic rings. The number of ether oxygens (including phenoxy) is 2. The molecule has 0 saturated heterocycles. The van der Waals surface area contributed by atoms with Crippen LogP contribution in [0.1, 0.15) is 18.1 Å². The van der Waals surface area contributed by atoms with Crippen molar-refractivity contribution in [3.63, 3.8) is 0 Å². The molecule has 16 heavy (non-hydrogen) atoms. The molecule has 0 aliphatic rings. The predicted molar refractivity (Wildman–Crippen MR) is 69.0 cm³/mol. The third-order valence-corrected chi connectivity index (χ3v) is 2.42. The number of hydrogen-bond acceptors (Lipinski definition) is 3. The molecule has 1 atom stereocenters. The molecule has 2 N–H and O–H groups in total. The summed E-state index contributed by atoms with van der Waals surface area (Å²) < 4.78 is 10.7. The van der Waals surface area contributed by atoms with E-state index in [0.717, 1.165) is 16.9 Å². The lowest BCUT2D eigenvalue weighted by Crippen LogP contribution is -2.18. The van der Waals surface area contributed by atoms with Gasteiger partial charge in [-0.05, 0) is 37.6 Å². The molecular weight excluding hydrogens is 222 g/mol. The van der Waals surface area contributed by atoms with E-state index in [9.17, 15) is 0 Å². The van der Waals surface area contributed by atoms with Gasteiger partial charge < -0.3 is 15.2 Å². The van der Waals surface area contributed by atoms with Crippen molar-refractivity contribution < 1.29 is 9.47 Å². The molecule has 0 bridgehead atoms. The van der Waals surface area contributed by atoms with Crippen molar-refractivity contribution in [3.8, 4) is 5.75 Å². The molecule has 1 aromatic carbocycles. The third-order valence-electron chi connectivity index (χ3n) is 2.20. The summed E-state index contributed by atoms with van der Waals surface area (Å²) in [6.45, 7) is 4.48. The SMILES string of the molecule is COCC(C)Oc1ccc(C(N)=S)c(C)c1. The Kier molecular flexibility index (Phi) is 4.71. The molecule has 1 rings (SSSR count). The summed E-state index contributed by atoms with van der Waals surface area (Å²) in [6, 6.07) is 5.68. The zero-order chi connectivity index (χ0) is 12.1. The highest BCUT2D eigenvalue weighted by molar-refractivity contribution is 7.80. The highest BCUT2D eigenvalue weighted by Gasteiger charge is 2.06. The van der Waals surface area contributed by atoms with Gasteiger partial charge in [-0.1, -0.05) is 12.2 Å². The second-order valence-corrected chi connectivity index (χ2v) is 4.16. The highest BCUT2D eigenvalue weighted by atomic mass is 32.1. The van der Waals surface area contributed by atoms with Crippen molar-refractivity contribution in [3.05, 3.63) is 29.3 Å². The van der Waals surface area contributed by atoms with Gasteiger partial charge in [-0.25, -0.2) is 0 Å². The Morgan fingerprint density at radius 3 is 2.69 bits per heavy atom. The monoisotopic (exact) mass is 239 g/mol. The van der Waals surface area contributed by atoms with Gasteiger partial charge in [0, 0.05) is 12.7 Å². The van der Waals surface area contributed by atoms with Crippen LogP contribution in [0.25, 0.3) is 0 Å². The van der Waals surface area contributed by atoms with Crippen LogP contribution in [0.3, 0.4) is 0 Å². The average molecular weight is 239 g/mol. The smallest absolute Gasteiger partial charge is 0.120 e. The van der Waals surface area contributed by atoms with Crippen molar-refractivity contribution in [1.29, 1.82) is 0 Å². The molecule has 0 aliphatic carbocycles. The van der Waals surface area contributed by atoms with Crippen LogP contribution in [0, 0.1) is 6.92 Å². The maximum Gasteiger partial charge on any atom is 0.120 e. The Hall–Kier alpha value is -1.13. The van der Waals surface area contributed by atoms with Gasteiger partial charge in [0.05, 0.1) is 6.61 Å². The van der Waals surface area contributed by atoms with Gasteiger partial charge in [-0.2, -0.15) is 0 Å². The summed E-state index contributed by atoms with van der Waals surface area (Å²) >= 11 is 4.94. The molecule has 0 fully saturated rings. The van der Waals surface area contributed by atoms with Crippen LogP contribution in [-0.2, 0) is 4.74 Å². The van der Waals surface area contributed by atoms with Crippen LogP contribution in [0.15, 0.2) is 18.2 Å². The highest BCUT2D eigenvalue weighted by Crippen LogP contribution is 2.18. The van der Waals surface area contributed by atoms with Crippen LogP contribution < -0.4 is 10.5 Å². The van der Waals surface area contributed by atoms with Gasteiger partial charge >= 0.3 is 0 Å². The molecule has 0 spiro atoms. The van der Waals surface area contributed by atoms with Crippen LogP contribution in [0.4, 0.5) is 0 Å². The standard InChI is InChI=1S/C12H17NO2S/c1-8-6-10(15-9(2)7-14-3)4-5-11(8)12(13)16/h4-6,9H,7H2,1-3H3,(H2,13,16). The van der Waals surface area contributed by atoms with Crippen molar-refractivity contribution in [2.75, 3.05) is 13.7 Å². The first-order chi connectivity index (χ1) is 7.54. The normalized spacial score (nSPS) is 12.2. The molecule has 0 radical (unpaired) electrons. The predicted octanol–water partition coefficient (Wildman–Crippen LogP) is 2.04. The van der Waals surface area contributed by atoms with Gasteiger partial charge in [-0.3, -0.25) is 0 Å².